The standard InChI is InChI=1S/C50H48N12O19/c63-47(51-31-1-9-35(10-2-31)59(67)68)55-39-27-43-45(29-41(39)57-49(65)53-33-5-13-37(14-6-33)61(71)72)80-25-21-77-22-26-81-46-30-42(58-50(66)54-34-7-15-38(16-8-34)62(73)74)40(28-44(46)79-24-20-76-18-17-75-19-23-78-43)56-48(64)52-32-3-11-36(12-4-32)60(69)70/h1-16,27-30H,17-26H2,(H2,51,55,63)(H2,52,56,64)(H2,53,57,65)(H2,54,58,66). The molecule has 7 rings (SSSR count). The van der Waals surface area contributed by atoms with Crippen LogP contribution in [0, 0.1) is 40.5 Å². The number of amides is 8. The maximum atomic E-state index is 13.4. The number of anilines is 8. The molecular weight excluding hydrogens is 1070 g/mol. The van der Waals surface area contributed by atoms with Gasteiger partial charge in [-0.3, -0.25) is 40.5 Å². The quantitative estimate of drug-likeness (QED) is 0.0418. The van der Waals surface area contributed by atoms with Crippen LogP contribution in [0.3, 0.4) is 0 Å². The molecule has 6 aromatic carbocycles. The van der Waals surface area contributed by atoms with Crippen molar-refractivity contribution in [2.75, 3.05) is 109 Å². The molecule has 81 heavy (non-hydrogen) atoms. The largest absolute Gasteiger partial charge is 0.487 e. The van der Waals surface area contributed by atoms with Crippen molar-refractivity contribution in [2.45, 2.75) is 0 Å². The third kappa shape index (κ3) is 17.8. The van der Waals surface area contributed by atoms with Crippen molar-refractivity contribution in [2.24, 2.45) is 0 Å². The number of rotatable bonds is 12. The van der Waals surface area contributed by atoms with E-state index in [1.165, 1.54) is 121 Å². The molecule has 0 radical (unpaired) electrons. The van der Waals surface area contributed by atoms with Crippen molar-refractivity contribution < 1.29 is 72.0 Å². The van der Waals surface area contributed by atoms with Crippen molar-refractivity contribution in [3.63, 3.8) is 0 Å². The Balaban J connectivity index is 1.09. The second kappa shape index (κ2) is 28.5. The summed E-state index contributed by atoms with van der Waals surface area (Å²) in [6, 6.07) is 22.2. The minimum Gasteiger partial charge on any atom is -0.487 e. The minimum atomic E-state index is -0.830. The third-order valence-electron chi connectivity index (χ3n) is 10.8. The van der Waals surface area contributed by atoms with Gasteiger partial charge in [-0.05, 0) is 48.5 Å². The van der Waals surface area contributed by atoms with Gasteiger partial charge in [-0.15, -0.1) is 0 Å². The molecule has 31 nitrogen and oxygen atoms in total. The highest BCUT2D eigenvalue weighted by molar-refractivity contribution is 6.08. The van der Waals surface area contributed by atoms with Gasteiger partial charge in [0.25, 0.3) is 22.7 Å². The van der Waals surface area contributed by atoms with Gasteiger partial charge in [0, 0.05) is 95.5 Å². The van der Waals surface area contributed by atoms with Gasteiger partial charge in [0.1, 0.15) is 26.4 Å². The highest BCUT2D eigenvalue weighted by atomic mass is 16.6. The number of nitrogens with zero attached hydrogens (tertiary/aromatic N) is 4. The first-order chi connectivity index (χ1) is 39.1. The maximum Gasteiger partial charge on any atom is 0.323 e. The van der Waals surface area contributed by atoms with Crippen molar-refractivity contribution >= 4 is 92.4 Å². The van der Waals surface area contributed by atoms with Crippen molar-refractivity contribution in [1.82, 2.24) is 0 Å². The highest BCUT2D eigenvalue weighted by Crippen LogP contribution is 2.39. The Labute approximate surface area is 456 Å². The Kier molecular flexibility index (Phi) is 20.3. The van der Waals surface area contributed by atoms with Gasteiger partial charge in [-0.2, -0.15) is 0 Å². The van der Waals surface area contributed by atoms with Crippen LogP contribution in [0.2, 0.25) is 0 Å². The molecule has 6 aromatic rings. The van der Waals surface area contributed by atoms with Gasteiger partial charge in [0.2, 0.25) is 0 Å². The molecule has 0 atom stereocenters. The molecule has 0 saturated carbocycles. The second-order valence-electron chi connectivity index (χ2n) is 16.5. The number of carbonyl (C=O) groups is 4. The number of carbonyl (C=O) groups excluding carboxylic acids is 4. The summed E-state index contributed by atoms with van der Waals surface area (Å²) in [6.45, 7) is -0.212. The van der Waals surface area contributed by atoms with E-state index in [1.54, 1.807) is 0 Å². The minimum absolute atomic E-state index is 0.0109. The molecule has 0 unspecified atom stereocenters. The van der Waals surface area contributed by atoms with E-state index in [0.717, 1.165) is 0 Å². The molecule has 1 aliphatic heterocycles. The zero-order chi connectivity index (χ0) is 57.7. The van der Waals surface area contributed by atoms with Crippen molar-refractivity contribution in [3.8, 4) is 23.0 Å². The van der Waals surface area contributed by atoms with Gasteiger partial charge < -0.3 is 75.7 Å². The number of benzene rings is 6. The monoisotopic (exact) mass is 1120 g/mol. The lowest BCUT2D eigenvalue weighted by Crippen LogP contribution is -2.23. The van der Waals surface area contributed by atoms with E-state index in [9.17, 15) is 59.6 Å². The number of fused-ring (bicyclic) bond motifs is 2. The van der Waals surface area contributed by atoms with Crippen LogP contribution in [0.4, 0.5) is 87.4 Å². The summed E-state index contributed by atoms with van der Waals surface area (Å²) in [5.74, 6) is 0.276. The van der Waals surface area contributed by atoms with Crippen LogP contribution in [0.1, 0.15) is 0 Å². The van der Waals surface area contributed by atoms with E-state index >= 15 is 0 Å². The number of hydrogen-bond donors (Lipinski definition) is 8. The van der Waals surface area contributed by atoms with Crippen molar-refractivity contribution in [1.29, 1.82) is 0 Å². The Morgan fingerprint density at radius 1 is 0.296 bits per heavy atom. The van der Waals surface area contributed by atoms with Gasteiger partial charge >= 0.3 is 24.1 Å². The molecule has 8 N–H and O–H groups in total. The summed E-state index contributed by atoms with van der Waals surface area (Å²) in [6.07, 6.45) is 0. The Morgan fingerprint density at radius 2 is 0.481 bits per heavy atom. The summed E-state index contributed by atoms with van der Waals surface area (Å²) in [7, 11) is 0. The first-order valence-electron chi connectivity index (χ1n) is 24.0. The molecular formula is C50H48N12O19. The van der Waals surface area contributed by atoms with Gasteiger partial charge in [0.15, 0.2) is 23.0 Å². The average Bonchev–Trinajstić information content (AvgIpc) is 3.55. The summed E-state index contributed by atoms with van der Waals surface area (Å²) in [5, 5.41) is 65.5. The first-order valence-corrected chi connectivity index (χ1v) is 24.0. The summed E-state index contributed by atoms with van der Waals surface area (Å²) in [4.78, 5) is 95.8. The second-order valence-corrected chi connectivity index (χ2v) is 16.5. The first kappa shape index (κ1) is 57.8. The van der Waals surface area contributed by atoms with E-state index < -0.39 is 43.8 Å². The molecule has 0 bridgehead atoms. The molecule has 0 aromatic heterocycles. The van der Waals surface area contributed by atoms with Gasteiger partial charge in [-0.25, -0.2) is 19.2 Å². The van der Waals surface area contributed by atoms with E-state index in [-0.39, 0.29) is 157 Å². The van der Waals surface area contributed by atoms with Crippen LogP contribution < -0.4 is 61.5 Å². The SMILES string of the molecule is O=C(Nc1ccc([N+](=O)[O-])cc1)Nc1cc2c(cc1NC(=O)Nc1ccc([N+](=O)[O-])cc1)OCCOCCOc1cc(NC(=O)Nc3ccc([N+](=O)[O-])cc3)c(NC(=O)Nc3ccc([N+](=O)[O-])cc3)cc1OCCOCCOCCO2. The summed E-state index contributed by atoms with van der Waals surface area (Å²) >= 11 is 0. The van der Waals surface area contributed by atoms with Crippen LogP contribution in [0.15, 0.2) is 121 Å². The lowest BCUT2D eigenvalue weighted by molar-refractivity contribution is -0.385. The molecule has 1 aliphatic rings. The van der Waals surface area contributed by atoms with Crippen LogP contribution in [-0.4, -0.2) is 110 Å². The van der Waals surface area contributed by atoms with Crippen LogP contribution in [-0.2, 0) is 14.2 Å². The van der Waals surface area contributed by atoms with Crippen LogP contribution >= 0.6 is 0 Å². The Bertz CT molecular complexity index is 3030. The zero-order valence-electron chi connectivity index (χ0n) is 42.2. The topological polar surface area (TPSA) is 402 Å². The van der Waals surface area contributed by atoms with Crippen LogP contribution in [0.5, 0.6) is 23.0 Å². The Hall–Kier alpha value is -10.9. The fraction of sp³-hybridized carbons (Fsp3) is 0.200. The normalized spacial score (nSPS) is 13.0. The van der Waals surface area contributed by atoms with Gasteiger partial charge in [0.05, 0.1) is 82.1 Å². The molecule has 8 amide bonds. The van der Waals surface area contributed by atoms with Crippen molar-refractivity contribution in [3.05, 3.63) is 162 Å². The predicted octanol–water partition coefficient (Wildman–Crippen LogP) is 9.17. The fourth-order valence-electron chi connectivity index (χ4n) is 7.06. The molecule has 1 heterocycles. The molecule has 0 aliphatic carbocycles. The molecule has 0 spiro atoms. The zero-order valence-corrected chi connectivity index (χ0v) is 42.2. The summed E-state index contributed by atoms with van der Waals surface area (Å²) < 4.78 is 41.5. The van der Waals surface area contributed by atoms with E-state index in [2.05, 4.69) is 42.5 Å². The number of non-ortho nitro benzene ring substituents is 4. The number of hydrogen-bond acceptors (Lipinski definition) is 19. The average molecular weight is 1120 g/mol. The molecule has 0 saturated heterocycles. The summed E-state index contributed by atoms with van der Waals surface area (Å²) in [5.41, 5.74) is -0.135. The van der Waals surface area contributed by atoms with E-state index in [1.807, 2.05) is 0 Å². The third-order valence-corrected chi connectivity index (χ3v) is 10.8. The van der Waals surface area contributed by atoms with Gasteiger partial charge in [-0.1, -0.05) is 0 Å². The smallest absolute Gasteiger partial charge is 0.323 e. The highest BCUT2D eigenvalue weighted by Gasteiger charge is 2.21. The number of ether oxygens (including phenoxy) is 7. The molecule has 31 heteroatoms. The fourth-order valence-corrected chi connectivity index (χ4v) is 7.06. The maximum absolute atomic E-state index is 13.4. The van der Waals surface area contributed by atoms with Crippen LogP contribution in [0.25, 0.3) is 0 Å². The molecule has 0 fully saturated rings. The Morgan fingerprint density at radius 3 is 0.667 bits per heavy atom. The number of nitro groups is 4. The predicted molar refractivity (Wildman–Crippen MR) is 290 cm³/mol. The molecule has 422 valence electrons. The van der Waals surface area contributed by atoms with E-state index in [0.29, 0.717) is 0 Å². The lowest BCUT2D eigenvalue weighted by atomic mass is 10.2. The lowest BCUT2D eigenvalue weighted by Gasteiger charge is -2.19. The van der Waals surface area contributed by atoms with E-state index in [4.69, 9.17) is 33.2 Å². The number of urea groups is 4. The number of nitrogens with one attached hydrogen (secondary N) is 8. The number of nitro benzene ring substituents is 4.